The van der Waals surface area contributed by atoms with E-state index in [-0.39, 0.29) is 23.9 Å². The third-order valence-electron chi connectivity index (χ3n) is 4.58. The number of nitrogens with zero attached hydrogens (tertiary/aromatic N) is 4. The van der Waals surface area contributed by atoms with Crippen LogP contribution in [0.4, 0.5) is 0 Å². The SMILES string of the molecule is CC(C)n1c([C@@H](C)NC(=O)[C@@H](C)c2ccnn2C)nc2ccccc21. The number of para-hydroxylation sites is 2. The number of hydrogen-bond acceptors (Lipinski definition) is 3. The molecule has 1 aromatic carbocycles. The van der Waals surface area contributed by atoms with Crippen molar-refractivity contribution in [1.82, 2.24) is 24.6 Å². The molecule has 2 heterocycles. The molecule has 1 amide bonds. The molecule has 3 rings (SSSR count). The summed E-state index contributed by atoms with van der Waals surface area (Å²) in [6, 6.07) is 10.0. The van der Waals surface area contributed by atoms with E-state index >= 15 is 0 Å². The molecule has 0 aliphatic carbocycles. The zero-order chi connectivity index (χ0) is 18.1. The fourth-order valence-electron chi connectivity index (χ4n) is 3.26. The van der Waals surface area contributed by atoms with Crippen LogP contribution in [0.2, 0.25) is 0 Å². The molecular weight excluding hydrogens is 314 g/mol. The van der Waals surface area contributed by atoms with Crippen molar-refractivity contribution in [3.05, 3.63) is 48.0 Å². The third-order valence-corrected chi connectivity index (χ3v) is 4.58. The average molecular weight is 339 g/mol. The minimum atomic E-state index is -0.271. The standard InChI is InChI=1S/C19H25N5O/c1-12(2)24-17-9-7-6-8-15(17)22-18(24)14(4)21-19(25)13(3)16-10-11-20-23(16)5/h6-14H,1-5H3,(H,21,25)/t13-,14+/m0/s1. The van der Waals surface area contributed by atoms with Gasteiger partial charge in [-0.1, -0.05) is 12.1 Å². The first-order valence-corrected chi connectivity index (χ1v) is 8.65. The van der Waals surface area contributed by atoms with Gasteiger partial charge in [0, 0.05) is 19.3 Å². The summed E-state index contributed by atoms with van der Waals surface area (Å²) < 4.78 is 3.92. The highest BCUT2D eigenvalue weighted by Crippen LogP contribution is 2.25. The second-order valence-electron chi connectivity index (χ2n) is 6.75. The van der Waals surface area contributed by atoms with Crippen molar-refractivity contribution in [2.75, 3.05) is 0 Å². The molecule has 0 saturated heterocycles. The molecule has 0 aliphatic rings. The fraction of sp³-hybridized carbons (Fsp3) is 0.421. The maximum Gasteiger partial charge on any atom is 0.229 e. The van der Waals surface area contributed by atoms with Crippen molar-refractivity contribution >= 4 is 16.9 Å². The molecule has 6 nitrogen and oxygen atoms in total. The van der Waals surface area contributed by atoms with Gasteiger partial charge >= 0.3 is 0 Å². The van der Waals surface area contributed by atoms with E-state index in [9.17, 15) is 4.79 Å². The van der Waals surface area contributed by atoms with E-state index in [4.69, 9.17) is 4.98 Å². The highest BCUT2D eigenvalue weighted by molar-refractivity contribution is 5.83. The average Bonchev–Trinajstić information content (AvgIpc) is 3.17. The first-order valence-electron chi connectivity index (χ1n) is 8.65. The number of fused-ring (bicyclic) bond motifs is 1. The molecule has 0 bridgehead atoms. The van der Waals surface area contributed by atoms with Crippen LogP contribution < -0.4 is 5.32 Å². The lowest BCUT2D eigenvalue weighted by Gasteiger charge is -2.20. The van der Waals surface area contributed by atoms with Crippen molar-refractivity contribution in [1.29, 1.82) is 0 Å². The molecule has 0 saturated carbocycles. The lowest BCUT2D eigenvalue weighted by molar-refractivity contribution is -0.123. The number of aryl methyl sites for hydroxylation is 1. The molecule has 132 valence electrons. The maximum atomic E-state index is 12.7. The van der Waals surface area contributed by atoms with Crippen LogP contribution in [0.5, 0.6) is 0 Å². The summed E-state index contributed by atoms with van der Waals surface area (Å²) in [4.78, 5) is 17.4. The predicted octanol–water partition coefficient (Wildman–Crippen LogP) is 3.33. The maximum absolute atomic E-state index is 12.7. The van der Waals surface area contributed by atoms with Gasteiger partial charge in [-0.15, -0.1) is 0 Å². The fourth-order valence-corrected chi connectivity index (χ4v) is 3.26. The lowest BCUT2D eigenvalue weighted by atomic mass is 10.1. The number of carbonyl (C=O) groups is 1. The van der Waals surface area contributed by atoms with Crippen molar-refractivity contribution < 1.29 is 4.79 Å². The van der Waals surface area contributed by atoms with Crippen LogP contribution in [0, 0.1) is 0 Å². The molecule has 0 spiro atoms. The second-order valence-corrected chi connectivity index (χ2v) is 6.75. The number of nitrogens with one attached hydrogen (secondary N) is 1. The Bertz CT molecular complexity index is 892. The van der Waals surface area contributed by atoms with E-state index in [1.165, 1.54) is 0 Å². The summed E-state index contributed by atoms with van der Waals surface area (Å²) in [6.45, 7) is 8.13. The van der Waals surface area contributed by atoms with Gasteiger partial charge < -0.3 is 9.88 Å². The highest BCUT2D eigenvalue weighted by Gasteiger charge is 2.24. The molecule has 0 unspecified atom stereocenters. The molecule has 25 heavy (non-hydrogen) atoms. The molecule has 2 atom stereocenters. The second kappa shape index (κ2) is 6.70. The van der Waals surface area contributed by atoms with Crippen LogP contribution in [0.1, 0.15) is 57.2 Å². The largest absolute Gasteiger partial charge is 0.346 e. The van der Waals surface area contributed by atoms with Crippen molar-refractivity contribution in [3.8, 4) is 0 Å². The number of carbonyl (C=O) groups excluding carboxylic acids is 1. The lowest BCUT2D eigenvalue weighted by Crippen LogP contribution is -2.33. The van der Waals surface area contributed by atoms with Crippen molar-refractivity contribution in [3.63, 3.8) is 0 Å². The molecule has 2 aromatic heterocycles. The number of rotatable bonds is 5. The molecule has 3 aromatic rings. The van der Waals surface area contributed by atoms with Gasteiger partial charge in [-0.05, 0) is 45.9 Å². The van der Waals surface area contributed by atoms with Gasteiger partial charge in [0.2, 0.25) is 5.91 Å². The van der Waals surface area contributed by atoms with Gasteiger partial charge in [0.1, 0.15) is 5.82 Å². The van der Waals surface area contributed by atoms with Crippen LogP contribution in [-0.2, 0) is 11.8 Å². The summed E-state index contributed by atoms with van der Waals surface area (Å²) >= 11 is 0. The summed E-state index contributed by atoms with van der Waals surface area (Å²) in [5.74, 6) is 0.576. The van der Waals surface area contributed by atoms with Gasteiger partial charge in [0.05, 0.1) is 28.7 Å². The smallest absolute Gasteiger partial charge is 0.229 e. The normalized spacial score (nSPS) is 14.0. The van der Waals surface area contributed by atoms with Gasteiger partial charge in [0.25, 0.3) is 0 Å². The first-order chi connectivity index (χ1) is 11.9. The van der Waals surface area contributed by atoms with Gasteiger partial charge in [0.15, 0.2) is 0 Å². The summed E-state index contributed by atoms with van der Waals surface area (Å²) in [5.41, 5.74) is 2.93. The Hall–Kier alpha value is -2.63. The first kappa shape index (κ1) is 17.2. The molecule has 0 aliphatic heterocycles. The van der Waals surface area contributed by atoms with Gasteiger partial charge in [-0.3, -0.25) is 9.48 Å². The van der Waals surface area contributed by atoms with Crippen molar-refractivity contribution in [2.45, 2.75) is 45.7 Å². The van der Waals surface area contributed by atoms with Crippen LogP contribution >= 0.6 is 0 Å². The van der Waals surface area contributed by atoms with Gasteiger partial charge in [-0.2, -0.15) is 5.10 Å². The van der Waals surface area contributed by atoms with E-state index in [0.29, 0.717) is 0 Å². The van der Waals surface area contributed by atoms with E-state index in [0.717, 1.165) is 22.6 Å². The topological polar surface area (TPSA) is 64.7 Å². The Labute approximate surface area is 147 Å². The van der Waals surface area contributed by atoms with Crippen LogP contribution in [0.15, 0.2) is 36.5 Å². The van der Waals surface area contributed by atoms with Crippen molar-refractivity contribution in [2.24, 2.45) is 7.05 Å². The van der Waals surface area contributed by atoms with Gasteiger partial charge in [-0.25, -0.2) is 4.98 Å². The summed E-state index contributed by atoms with van der Waals surface area (Å²) in [5, 5.41) is 7.25. The number of benzene rings is 1. The molecule has 0 radical (unpaired) electrons. The number of aromatic nitrogens is 4. The molecule has 0 fully saturated rings. The molecule has 1 N–H and O–H groups in total. The summed E-state index contributed by atoms with van der Waals surface area (Å²) in [7, 11) is 1.85. The summed E-state index contributed by atoms with van der Waals surface area (Å²) in [6.07, 6.45) is 1.71. The number of hydrogen-bond donors (Lipinski definition) is 1. The monoisotopic (exact) mass is 339 g/mol. The van der Waals surface area contributed by atoms with Crippen LogP contribution in [-0.4, -0.2) is 25.2 Å². The Balaban J connectivity index is 1.87. The van der Waals surface area contributed by atoms with E-state index < -0.39 is 0 Å². The minimum Gasteiger partial charge on any atom is -0.346 e. The molecular formula is C19H25N5O. The predicted molar refractivity (Wildman–Crippen MR) is 98.3 cm³/mol. The van der Waals surface area contributed by atoms with E-state index in [1.54, 1.807) is 10.9 Å². The number of imidazole rings is 1. The highest BCUT2D eigenvalue weighted by atomic mass is 16.2. The van der Waals surface area contributed by atoms with Crippen LogP contribution in [0.25, 0.3) is 11.0 Å². The zero-order valence-corrected chi connectivity index (χ0v) is 15.4. The third kappa shape index (κ3) is 3.16. The Morgan fingerprint density at radius 3 is 2.48 bits per heavy atom. The van der Waals surface area contributed by atoms with E-state index in [1.807, 2.05) is 45.2 Å². The van der Waals surface area contributed by atoms with E-state index in [2.05, 4.69) is 34.9 Å². The molecule has 6 heteroatoms. The minimum absolute atomic E-state index is 0.0292. The quantitative estimate of drug-likeness (QED) is 0.775. The Kier molecular flexibility index (Phi) is 4.61. The Morgan fingerprint density at radius 2 is 1.84 bits per heavy atom. The van der Waals surface area contributed by atoms with Crippen LogP contribution in [0.3, 0.4) is 0 Å². The zero-order valence-electron chi connectivity index (χ0n) is 15.4. The number of amides is 1. The Morgan fingerprint density at radius 1 is 1.12 bits per heavy atom.